The van der Waals surface area contributed by atoms with Gasteiger partial charge in [0.05, 0.1) is 22.0 Å². The fraction of sp³-hybridized carbons (Fsp3) is 0. The van der Waals surface area contributed by atoms with Crippen molar-refractivity contribution in [1.82, 2.24) is 4.98 Å². The smallest absolute Gasteiger partial charge is 0.203 e. The van der Waals surface area contributed by atoms with Crippen LogP contribution >= 0.6 is 46.1 Å². The first kappa shape index (κ1) is 16.3. The Bertz CT molecular complexity index is 844. The molecule has 1 aromatic heterocycles. The molecule has 0 fully saturated rings. The highest BCUT2D eigenvalue weighted by atomic mass is 35.5. The van der Waals surface area contributed by atoms with Crippen molar-refractivity contribution in [2.45, 2.75) is 0 Å². The predicted molar refractivity (Wildman–Crippen MR) is 100 cm³/mol. The van der Waals surface area contributed by atoms with Gasteiger partial charge < -0.3 is 0 Å². The zero-order valence-electron chi connectivity index (χ0n) is 11.6. The van der Waals surface area contributed by atoms with Gasteiger partial charge in [0.1, 0.15) is 0 Å². The number of aromatic nitrogens is 1. The van der Waals surface area contributed by atoms with Gasteiger partial charge in [0.15, 0.2) is 0 Å². The summed E-state index contributed by atoms with van der Waals surface area (Å²) >= 11 is 19.4. The second-order valence-corrected chi connectivity index (χ2v) is 6.64. The van der Waals surface area contributed by atoms with Crippen molar-refractivity contribution in [3.8, 4) is 11.3 Å². The van der Waals surface area contributed by atoms with E-state index in [1.54, 1.807) is 12.3 Å². The number of nitrogens with zero attached hydrogens (tertiary/aromatic N) is 2. The molecule has 0 aliphatic heterocycles. The number of hydrogen-bond donors (Lipinski definition) is 1. The van der Waals surface area contributed by atoms with Crippen molar-refractivity contribution < 1.29 is 0 Å². The number of hydrazone groups is 1. The Labute approximate surface area is 152 Å². The van der Waals surface area contributed by atoms with Gasteiger partial charge in [-0.15, -0.1) is 11.3 Å². The molecule has 0 spiro atoms. The Morgan fingerprint density at radius 2 is 1.83 bits per heavy atom. The summed E-state index contributed by atoms with van der Waals surface area (Å²) in [7, 11) is 0. The maximum absolute atomic E-state index is 6.10. The summed E-state index contributed by atoms with van der Waals surface area (Å²) in [5, 5.41) is 8.45. The minimum atomic E-state index is 0.473. The van der Waals surface area contributed by atoms with E-state index in [1.807, 2.05) is 41.8 Å². The molecule has 0 atom stereocenters. The van der Waals surface area contributed by atoms with Gasteiger partial charge in [-0.3, -0.25) is 5.43 Å². The van der Waals surface area contributed by atoms with Crippen LogP contribution in [0.15, 0.2) is 52.9 Å². The van der Waals surface area contributed by atoms with Crippen LogP contribution in [0.5, 0.6) is 0 Å². The zero-order valence-corrected chi connectivity index (χ0v) is 14.7. The molecule has 0 aliphatic carbocycles. The van der Waals surface area contributed by atoms with Crippen molar-refractivity contribution in [2.75, 3.05) is 5.43 Å². The molecule has 7 heteroatoms. The van der Waals surface area contributed by atoms with Gasteiger partial charge in [-0.25, -0.2) is 4.98 Å². The summed E-state index contributed by atoms with van der Waals surface area (Å²) in [4.78, 5) is 4.47. The molecule has 0 unspecified atom stereocenters. The fourth-order valence-electron chi connectivity index (χ4n) is 1.86. The van der Waals surface area contributed by atoms with E-state index in [1.165, 1.54) is 11.3 Å². The van der Waals surface area contributed by atoms with E-state index in [9.17, 15) is 0 Å². The van der Waals surface area contributed by atoms with Gasteiger partial charge in [0, 0.05) is 21.5 Å². The number of hydrogen-bond acceptors (Lipinski definition) is 4. The number of anilines is 1. The lowest BCUT2D eigenvalue weighted by molar-refractivity contribution is 1.29. The van der Waals surface area contributed by atoms with Crippen LogP contribution in [0.3, 0.4) is 0 Å². The first-order valence-corrected chi connectivity index (χ1v) is 8.59. The second kappa shape index (κ2) is 7.32. The summed E-state index contributed by atoms with van der Waals surface area (Å²) in [5.41, 5.74) is 5.49. The monoisotopic (exact) mass is 381 g/mol. The highest BCUT2D eigenvalue weighted by Crippen LogP contribution is 2.26. The van der Waals surface area contributed by atoms with Crippen molar-refractivity contribution in [3.63, 3.8) is 0 Å². The molecule has 3 nitrogen and oxygen atoms in total. The normalized spacial score (nSPS) is 11.1. The summed E-state index contributed by atoms with van der Waals surface area (Å²) in [6, 6.07) is 12.9. The lowest BCUT2D eigenvalue weighted by Crippen LogP contribution is -1.91. The SMILES string of the molecule is Clc1ccc(-c2csc(N/N=C\c3cccc(Cl)c3Cl)n2)cc1. The van der Waals surface area contributed by atoms with E-state index < -0.39 is 0 Å². The number of benzene rings is 2. The zero-order chi connectivity index (χ0) is 16.2. The van der Waals surface area contributed by atoms with Crippen molar-refractivity contribution in [1.29, 1.82) is 0 Å². The van der Waals surface area contributed by atoms with Gasteiger partial charge in [0.25, 0.3) is 0 Å². The van der Waals surface area contributed by atoms with E-state index in [0.717, 1.165) is 16.8 Å². The van der Waals surface area contributed by atoms with Crippen LogP contribution in [0.2, 0.25) is 15.1 Å². The van der Waals surface area contributed by atoms with Gasteiger partial charge >= 0.3 is 0 Å². The maximum atomic E-state index is 6.10. The van der Waals surface area contributed by atoms with E-state index in [2.05, 4.69) is 15.5 Å². The first-order valence-electron chi connectivity index (χ1n) is 6.58. The minimum absolute atomic E-state index is 0.473. The molecule has 0 radical (unpaired) electrons. The Morgan fingerprint density at radius 1 is 1.04 bits per heavy atom. The summed E-state index contributed by atoms with van der Waals surface area (Å²) < 4.78 is 0. The molecule has 0 saturated heterocycles. The average Bonchev–Trinajstić information content (AvgIpc) is 3.01. The molecular formula is C16H10Cl3N3S. The summed E-state index contributed by atoms with van der Waals surface area (Å²) in [5.74, 6) is 0. The van der Waals surface area contributed by atoms with Gasteiger partial charge in [-0.2, -0.15) is 5.10 Å². The number of halogens is 3. The molecule has 0 bridgehead atoms. The molecule has 1 N–H and O–H groups in total. The number of thiazole rings is 1. The topological polar surface area (TPSA) is 37.3 Å². The van der Waals surface area contributed by atoms with Crippen LogP contribution in [0.25, 0.3) is 11.3 Å². The highest BCUT2D eigenvalue weighted by Gasteiger charge is 2.04. The molecule has 116 valence electrons. The second-order valence-electron chi connectivity index (χ2n) is 4.56. The Balaban J connectivity index is 1.71. The number of rotatable bonds is 4. The molecule has 3 rings (SSSR count). The molecule has 2 aromatic carbocycles. The molecule has 23 heavy (non-hydrogen) atoms. The molecule has 0 aliphatic rings. The molecular weight excluding hydrogens is 373 g/mol. The van der Waals surface area contributed by atoms with Gasteiger partial charge in [0.2, 0.25) is 5.13 Å². The largest absolute Gasteiger partial charge is 0.253 e. The van der Waals surface area contributed by atoms with Crippen LogP contribution in [-0.4, -0.2) is 11.2 Å². The van der Waals surface area contributed by atoms with Crippen LogP contribution in [-0.2, 0) is 0 Å². The Kier molecular flexibility index (Phi) is 5.18. The number of nitrogens with one attached hydrogen (secondary N) is 1. The first-order chi connectivity index (χ1) is 11.1. The summed E-state index contributed by atoms with van der Waals surface area (Å²) in [6.45, 7) is 0. The molecule has 3 aromatic rings. The molecule has 0 saturated carbocycles. The van der Waals surface area contributed by atoms with E-state index in [-0.39, 0.29) is 0 Å². The van der Waals surface area contributed by atoms with E-state index >= 15 is 0 Å². The molecule has 0 amide bonds. The van der Waals surface area contributed by atoms with Crippen molar-refractivity contribution in [3.05, 3.63) is 68.5 Å². The average molecular weight is 383 g/mol. The van der Waals surface area contributed by atoms with E-state index in [0.29, 0.717) is 20.2 Å². The van der Waals surface area contributed by atoms with Crippen molar-refractivity contribution >= 4 is 57.5 Å². The van der Waals surface area contributed by atoms with Crippen molar-refractivity contribution in [2.24, 2.45) is 5.10 Å². The fourth-order valence-corrected chi connectivity index (χ4v) is 3.01. The lowest BCUT2D eigenvalue weighted by Gasteiger charge is -1.99. The van der Waals surface area contributed by atoms with Gasteiger partial charge in [-0.1, -0.05) is 59.1 Å². The van der Waals surface area contributed by atoms with Crippen LogP contribution in [0.4, 0.5) is 5.13 Å². The standard InChI is InChI=1S/C16H10Cl3N3S/c17-12-6-4-10(5-7-12)14-9-23-16(21-14)22-20-8-11-2-1-3-13(18)15(11)19/h1-9H,(H,21,22)/b20-8-. The van der Waals surface area contributed by atoms with Crippen LogP contribution in [0.1, 0.15) is 5.56 Å². The van der Waals surface area contributed by atoms with Gasteiger partial charge in [-0.05, 0) is 18.2 Å². The highest BCUT2D eigenvalue weighted by molar-refractivity contribution is 7.14. The third-order valence-corrected chi connectivity index (χ3v) is 4.82. The van der Waals surface area contributed by atoms with E-state index in [4.69, 9.17) is 34.8 Å². The molecule has 1 heterocycles. The minimum Gasteiger partial charge on any atom is -0.253 e. The maximum Gasteiger partial charge on any atom is 0.203 e. The lowest BCUT2D eigenvalue weighted by atomic mass is 10.2. The predicted octanol–water partition coefficient (Wildman–Crippen LogP) is 6.22. The Hall–Kier alpha value is -1.59. The van der Waals surface area contributed by atoms with Crippen LogP contribution in [0, 0.1) is 0 Å². The quantitative estimate of drug-likeness (QED) is 0.430. The Morgan fingerprint density at radius 3 is 2.61 bits per heavy atom. The van der Waals surface area contributed by atoms with Crippen LogP contribution < -0.4 is 5.43 Å². The summed E-state index contributed by atoms with van der Waals surface area (Å²) in [6.07, 6.45) is 1.61. The third kappa shape index (κ3) is 4.03. The third-order valence-electron chi connectivity index (χ3n) is 2.99.